The monoisotopic (exact) mass is 549 g/mol. The Morgan fingerprint density at radius 1 is 1.34 bits per heavy atom. The molecule has 2 heterocycles. The van der Waals surface area contributed by atoms with Crippen LogP contribution in [-0.2, 0) is 11.3 Å². The highest BCUT2D eigenvalue weighted by atomic mass is 127. The van der Waals surface area contributed by atoms with Crippen molar-refractivity contribution in [1.82, 2.24) is 20.1 Å². The number of guanidine groups is 1. The summed E-state index contributed by atoms with van der Waals surface area (Å²) in [6.07, 6.45) is 0. The van der Waals surface area contributed by atoms with Crippen molar-refractivity contribution < 1.29 is 4.74 Å². The molecule has 1 N–H and O–H groups in total. The number of thiazole rings is 1. The Labute approximate surface area is 199 Å². The molecule has 0 saturated carbocycles. The summed E-state index contributed by atoms with van der Waals surface area (Å²) in [4.78, 5) is 13.6. The molecular formula is C20H29ClIN5OS. The molecule has 9 heteroatoms. The summed E-state index contributed by atoms with van der Waals surface area (Å²) in [6, 6.07) is 8.35. The van der Waals surface area contributed by atoms with Gasteiger partial charge in [-0.2, -0.15) is 0 Å². The number of halogens is 2. The van der Waals surface area contributed by atoms with E-state index in [1.165, 1.54) is 5.56 Å². The highest BCUT2D eigenvalue weighted by Gasteiger charge is 2.23. The van der Waals surface area contributed by atoms with Gasteiger partial charge in [0.15, 0.2) is 5.96 Å². The maximum absolute atomic E-state index is 6.09. The van der Waals surface area contributed by atoms with Gasteiger partial charge in [0.2, 0.25) is 0 Å². The molecule has 1 atom stereocenters. The number of hydrogen-bond donors (Lipinski definition) is 1. The lowest BCUT2D eigenvalue weighted by molar-refractivity contribution is 0.0169. The second-order valence-corrected chi connectivity index (χ2v) is 8.36. The minimum absolute atomic E-state index is 0. The first-order valence-electron chi connectivity index (χ1n) is 9.47. The fourth-order valence-corrected chi connectivity index (χ4v) is 4.13. The van der Waals surface area contributed by atoms with Crippen LogP contribution >= 0.6 is 46.9 Å². The minimum Gasteiger partial charge on any atom is -0.379 e. The number of aliphatic imine (C=N–C) groups is 1. The van der Waals surface area contributed by atoms with Gasteiger partial charge >= 0.3 is 0 Å². The van der Waals surface area contributed by atoms with Gasteiger partial charge in [-0.25, -0.2) is 4.98 Å². The van der Waals surface area contributed by atoms with Gasteiger partial charge in [-0.15, -0.1) is 35.3 Å². The Balaban J connectivity index is 0.00000300. The lowest BCUT2D eigenvalue weighted by Crippen LogP contribution is -2.46. The van der Waals surface area contributed by atoms with Crippen molar-refractivity contribution in [3.05, 3.63) is 50.9 Å². The predicted molar refractivity (Wildman–Crippen MR) is 132 cm³/mol. The smallest absolute Gasteiger partial charge is 0.193 e. The Kier molecular flexibility index (Phi) is 10.1. The van der Waals surface area contributed by atoms with Crippen molar-refractivity contribution in [2.75, 3.05) is 46.9 Å². The zero-order valence-electron chi connectivity index (χ0n) is 17.1. The number of rotatable bonds is 6. The van der Waals surface area contributed by atoms with Gasteiger partial charge in [-0.05, 0) is 24.6 Å². The second-order valence-electron chi connectivity index (χ2n) is 6.86. The van der Waals surface area contributed by atoms with Crippen LogP contribution in [0.15, 0.2) is 34.6 Å². The van der Waals surface area contributed by atoms with E-state index < -0.39 is 0 Å². The zero-order chi connectivity index (χ0) is 19.9. The Bertz CT molecular complexity index is 779. The molecule has 1 aliphatic heterocycles. The largest absolute Gasteiger partial charge is 0.379 e. The summed E-state index contributed by atoms with van der Waals surface area (Å²) in [6.45, 7) is 6.88. The topological polar surface area (TPSA) is 53.0 Å². The number of aryl methyl sites for hydroxylation is 1. The maximum Gasteiger partial charge on any atom is 0.193 e. The molecule has 2 aromatic rings. The van der Waals surface area contributed by atoms with Crippen LogP contribution in [-0.4, -0.2) is 67.7 Å². The third-order valence-electron chi connectivity index (χ3n) is 4.83. The van der Waals surface area contributed by atoms with Gasteiger partial charge in [-0.3, -0.25) is 9.89 Å². The van der Waals surface area contributed by atoms with Gasteiger partial charge in [0.05, 0.1) is 36.5 Å². The zero-order valence-corrected chi connectivity index (χ0v) is 21.0. The van der Waals surface area contributed by atoms with Gasteiger partial charge in [-0.1, -0.05) is 23.7 Å². The van der Waals surface area contributed by atoms with Crippen molar-refractivity contribution in [3.63, 3.8) is 0 Å². The van der Waals surface area contributed by atoms with Crippen LogP contribution in [0.4, 0.5) is 0 Å². The fourth-order valence-electron chi connectivity index (χ4n) is 3.40. The average molecular weight is 550 g/mol. The first-order chi connectivity index (χ1) is 13.6. The quantitative estimate of drug-likeness (QED) is 0.338. The lowest BCUT2D eigenvalue weighted by Gasteiger charge is -2.35. The molecule has 3 rings (SSSR count). The first kappa shape index (κ1) is 24.3. The molecule has 160 valence electrons. The van der Waals surface area contributed by atoms with E-state index in [1.807, 2.05) is 33.2 Å². The summed E-state index contributed by atoms with van der Waals surface area (Å²) in [5.74, 6) is 0.859. The molecule has 0 bridgehead atoms. The molecule has 1 aromatic carbocycles. The molecule has 1 aromatic heterocycles. The number of nitrogens with zero attached hydrogens (tertiary/aromatic N) is 4. The van der Waals surface area contributed by atoms with Crippen molar-refractivity contribution in [1.29, 1.82) is 0 Å². The highest BCUT2D eigenvalue weighted by molar-refractivity contribution is 14.0. The fraction of sp³-hybridized carbons (Fsp3) is 0.500. The second kappa shape index (κ2) is 12.0. The molecule has 6 nitrogen and oxygen atoms in total. The molecule has 29 heavy (non-hydrogen) atoms. The predicted octanol–water partition coefficient (Wildman–Crippen LogP) is 3.80. The Morgan fingerprint density at radius 3 is 2.62 bits per heavy atom. The molecule has 1 unspecified atom stereocenters. The average Bonchev–Trinajstić information content (AvgIpc) is 3.11. The standard InChI is InChI=1S/C20H28ClN5OS.HI/c1-15-24-18(14-28-15)13-25(3)20(22-2)23-12-19(26-8-10-27-11-9-26)16-4-6-17(21)7-5-16;/h4-7,14,19H,8-13H2,1-3H3,(H,22,23);1H. The molecule has 1 saturated heterocycles. The van der Waals surface area contributed by atoms with E-state index in [0.717, 1.165) is 61.1 Å². The van der Waals surface area contributed by atoms with Gasteiger partial charge in [0.1, 0.15) is 0 Å². The van der Waals surface area contributed by atoms with Gasteiger partial charge in [0, 0.05) is 44.1 Å². The van der Waals surface area contributed by atoms with Crippen molar-refractivity contribution in [2.24, 2.45) is 4.99 Å². The van der Waals surface area contributed by atoms with Crippen LogP contribution in [0.5, 0.6) is 0 Å². The Hall–Kier alpha value is -0.940. The summed E-state index contributed by atoms with van der Waals surface area (Å²) in [7, 11) is 3.85. The molecule has 0 amide bonds. The van der Waals surface area contributed by atoms with E-state index in [0.29, 0.717) is 0 Å². The van der Waals surface area contributed by atoms with Crippen molar-refractivity contribution >= 4 is 52.9 Å². The van der Waals surface area contributed by atoms with Crippen LogP contribution in [0, 0.1) is 6.92 Å². The van der Waals surface area contributed by atoms with E-state index in [2.05, 4.69) is 42.6 Å². The van der Waals surface area contributed by atoms with E-state index in [1.54, 1.807) is 11.3 Å². The summed E-state index contributed by atoms with van der Waals surface area (Å²) in [5, 5.41) is 7.48. The SMILES string of the molecule is CN=C(NCC(c1ccc(Cl)cc1)N1CCOCC1)N(C)Cc1csc(C)n1.I. The highest BCUT2D eigenvalue weighted by Crippen LogP contribution is 2.23. The normalized spacial score (nSPS) is 16.2. The van der Waals surface area contributed by atoms with Crippen LogP contribution < -0.4 is 5.32 Å². The van der Waals surface area contributed by atoms with Gasteiger partial charge < -0.3 is 15.0 Å². The van der Waals surface area contributed by atoms with Gasteiger partial charge in [0.25, 0.3) is 0 Å². The van der Waals surface area contributed by atoms with Crippen LogP contribution in [0.2, 0.25) is 5.02 Å². The maximum atomic E-state index is 6.09. The molecular weight excluding hydrogens is 521 g/mol. The van der Waals surface area contributed by atoms with Crippen LogP contribution in [0.1, 0.15) is 22.3 Å². The number of hydrogen-bond acceptors (Lipinski definition) is 5. The van der Waals surface area contributed by atoms with E-state index in [9.17, 15) is 0 Å². The van der Waals surface area contributed by atoms with Crippen LogP contribution in [0.3, 0.4) is 0 Å². The summed E-state index contributed by atoms with van der Waals surface area (Å²) >= 11 is 7.77. The molecule has 0 aliphatic carbocycles. The number of morpholine rings is 1. The third kappa shape index (κ3) is 7.06. The molecule has 1 fully saturated rings. The lowest BCUT2D eigenvalue weighted by atomic mass is 10.0. The van der Waals surface area contributed by atoms with E-state index in [4.69, 9.17) is 16.3 Å². The van der Waals surface area contributed by atoms with Crippen LogP contribution in [0.25, 0.3) is 0 Å². The minimum atomic E-state index is 0. The number of aromatic nitrogens is 1. The van der Waals surface area contributed by atoms with E-state index in [-0.39, 0.29) is 30.0 Å². The Morgan fingerprint density at radius 2 is 2.03 bits per heavy atom. The van der Waals surface area contributed by atoms with Crippen molar-refractivity contribution in [3.8, 4) is 0 Å². The summed E-state index contributed by atoms with van der Waals surface area (Å²) in [5.41, 5.74) is 2.31. The van der Waals surface area contributed by atoms with E-state index >= 15 is 0 Å². The molecule has 0 spiro atoms. The van der Waals surface area contributed by atoms with Crippen molar-refractivity contribution in [2.45, 2.75) is 19.5 Å². The number of ether oxygens (including phenoxy) is 1. The molecule has 0 radical (unpaired) electrons. The number of benzene rings is 1. The first-order valence-corrected chi connectivity index (χ1v) is 10.7. The third-order valence-corrected chi connectivity index (χ3v) is 5.91. The number of nitrogens with one attached hydrogen (secondary N) is 1. The summed E-state index contributed by atoms with van der Waals surface area (Å²) < 4.78 is 5.54. The molecule has 1 aliphatic rings.